The Kier molecular flexibility index (Phi) is 5.39. The van der Waals surface area contributed by atoms with Gasteiger partial charge in [-0.2, -0.15) is 0 Å². The van der Waals surface area contributed by atoms with Crippen LogP contribution in [0.4, 0.5) is 0 Å². The van der Waals surface area contributed by atoms with Crippen molar-refractivity contribution in [1.29, 1.82) is 0 Å². The van der Waals surface area contributed by atoms with Crippen LogP contribution in [-0.4, -0.2) is 39.9 Å². The summed E-state index contributed by atoms with van der Waals surface area (Å²) in [6.45, 7) is 7.58. The molecule has 6 nitrogen and oxygen atoms in total. The van der Waals surface area contributed by atoms with Crippen molar-refractivity contribution in [3.05, 3.63) is 52.6 Å². The average Bonchev–Trinajstić information content (AvgIpc) is 2.81. The van der Waals surface area contributed by atoms with E-state index in [0.29, 0.717) is 29.1 Å². The number of hydrogen-bond donors (Lipinski definition) is 1. The van der Waals surface area contributed by atoms with Gasteiger partial charge in [0.15, 0.2) is 0 Å². The first-order valence-corrected chi connectivity index (χ1v) is 7.85. The van der Waals surface area contributed by atoms with Gasteiger partial charge in [-0.1, -0.05) is 0 Å². The van der Waals surface area contributed by atoms with Crippen molar-refractivity contribution < 1.29 is 14.3 Å². The fraction of sp³-hybridized carbons (Fsp3) is 0.389. The molecule has 2 aromatic heterocycles. The molecule has 0 aliphatic carbocycles. The van der Waals surface area contributed by atoms with E-state index in [1.807, 2.05) is 12.1 Å². The SMILES string of the molecule is Cc1[nH]c(C(=O)N(C)Cc2ccncc2)c(C)c1C(=O)OC(C)C. The van der Waals surface area contributed by atoms with Crippen LogP contribution in [0.5, 0.6) is 0 Å². The minimum atomic E-state index is -0.410. The Morgan fingerprint density at radius 2 is 1.88 bits per heavy atom. The number of carbonyl (C=O) groups excluding carboxylic acids is 2. The summed E-state index contributed by atoms with van der Waals surface area (Å²) < 4.78 is 5.26. The standard InChI is InChI=1S/C18H23N3O3/c1-11(2)24-18(23)15-12(3)16(20-13(15)4)17(22)21(5)10-14-6-8-19-9-7-14/h6-9,11,20H,10H2,1-5H3. The second kappa shape index (κ2) is 7.29. The van der Waals surface area contributed by atoms with Gasteiger partial charge in [-0.3, -0.25) is 9.78 Å². The van der Waals surface area contributed by atoms with Crippen LogP contribution < -0.4 is 0 Å². The summed E-state index contributed by atoms with van der Waals surface area (Å²) in [5.74, 6) is -0.580. The molecule has 6 heteroatoms. The fourth-order valence-corrected chi connectivity index (χ4v) is 2.57. The number of aromatic amines is 1. The highest BCUT2D eigenvalue weighted by Crippen LogP contribution is 2.21. The molecule has 0 radical (unpaired) electrons. The molecule has 0 aliphatic rings. The molecule has 0 aliphatic heterocycles. The molecule has 0 saturated carbocycles. The van der Waals surface area contributed by atoms with Crippen LogP contribution in [0.2, 0.25) is 0 Å². The maximum absolute atomic E-state index is 12.7. The van der Waals surface area contributed by atoms with Gasteiger partial charge in [0.2, 0.25) is 0 Å². The van der Waals surface area contributed by atoms with Crippen LogP contribution in [0.3, 0.4) is 0 Å². The molecule has 2 heterocycles. The van der Waals surface area contributed by atoms with Gasteiger partial charge in [0, 0.05) is 31.7 Å². The summed E-state index contributed by atoms with van der Waals surface area (Å²) in [4.78, 5) is 33.5. The normalized spacial score (nSPS) is 10.8. The Labute approximate surface area is 141 Å². The topological polar surface area (TPSA) is 75.3 Å². The minimum absolute atomic E-state index is 0.170. The van der Waals surface area contributed by atoms with Crippen LogP contribution >= 0.6 is 0 Å². The molecule has 0 unspecified atom stereocenters. The van der Waals surface area contributed by atoms with E-state index in [2.05, 4.69) is 9.97 Å². The minimum Gasteiger partial charge on any atom is -0.459 e. The highest BCUT2D eigenvalue weighted by Gasteiger charge is 2.25. The monoisotopic (exact) mass is 329 g/mol. The molecule has 1 amide bonds. The van der Waals surface area contributed by atoms with Crippen molar-refractivity contribution in [2.75, 3.05) is 7.05 Å². The van der Waals surface area contributed by atoms with Crippen LogP contribution in [-0.2, 0) is 11.3 Å². The second-order valence-electron chi connectivity index (χ2n) is 6.10. The lowest BCUT2D eigenvalue weighted by Crippen LogP contribution is -2.27. The summed E-state index contributed by atoms with van der Waals surface area (Å²) in [6, 6.07) is 3.73. The van der Waals surface area contributed by atoms with Crippen LogP contribution in [0.25, 0.3) is 0 Å². The maximum Gasteiger partial charge on any atom is 0.340 e. The molecule has 24 heavy (non-hydrogen) atoms. The lowest BCUT2D eigenvalue weighted by molar-refractivity contribution is 0.0376. The van der Waals surface area contributed by atoms with Gasteiger partial charge in [0.25, 0.3) is 5.91 Å². The first-order valence-electron chi connectivity index (χ1n) is 7.85. The number of pyridine rings is 1. The summed E-state index contributed by atoms with van der Waals surface area (Å²) in [5.41, 5.74) is 3.09. The highest BCUT2D eigenvalue weighted by molar-refractivity contribution is 6.00. The van der Waals surface area contributed by atoms with Crippen molar-refractivity contribution in [2.24, 2.45) is 0 Å². The molecule has 0 bridgehead atoms. The molecule has 1 N–H and O–H groups in total. The Morgan fingerprint density at radius 3 is 2.46 bits per heavy atom. The van der Waals surface area contributed by atoms with Gasteiger partial charge in [0.1, 0.15) is 5.69 Å². The third kappa shape index (κ3) is 3.82. The van der Waals surface area contributed by atoms with Gasteiger partial charge in [-0.15, -0.1) is 0 Å². The summed E-state index contributed by atoms with van der Waals surface area (Å²) >= 11 is 0. The fourth-order valence-electron chi connectivity index (χ4n) is 2.57. The van der Waals surface area contributed by atoms with E-state index in [4.69, 9.17) is 4.74 Å². The first-order chi connectivity index (χ1) is 11.3. The number of esters is 1. The maximum atomic E-state index is 12.7. The Bertz CT molecular complexity index is 735. The van der Waals surface area contributed by atoms with Crippen LogP contribution in [0, 0.1) is 13.8 Å². The molecule has 128 valence electrons. The lowest BCUT2D eigenvalue weighted by Gasteiger charge is -2.17. The third-order valence-electron chi connectivity index (χ3n) is 3.71. The Balaban J connectivity index is 2.22. The Hall–Kier alpha value is -2.63. The predicted molar refractivity (Wildman–Crippen MR) is 90.9 cm³/mol. The molecular weight excluding hydrogens is 306 g/mol. The third-order valence-corrected chi connectivity index (χ3v) is 3.71. The molecule has 0 spiro atoms. The van der Waals surface area contributed by atoms with E-state index in [0.717, 1.165) is 5.56 Å². The zero-order valence-electron chi connectivity index (χ0n) is 14.7. The van der Waals surface area contributed by atoms with Gasteiger partial charge in [0.05, 0.1) is 11.7 Å². The van der Waals surface area contributed by atoms with E-state index in [9.17, 15) is 9.59 Å². The van der Waals surface area contributed by atoms with E-state index >= 15 is 0 Å². The average molecular weight is 329 g/mol. The predicted octanol–water partition coefficient (Wildman–Crippen LogP) is 2.86. The van der Waals surface area contributed by atoms with E-state index < -0.39 is 5.97 Å². The zero-order valence-corrected chi connectivity index (χ0v) is 14.7. The smallest absolute Gasteiger partial charge is 0.340 e. The molecule has 0 fully saturated rings. The summed E-state index contributed by atoms with van der Waals surface area (Å²) in [5, 5.41) is 0. The lowest BCUT2D eigenvalue weighted by atomic mass is 10.1. The molecule has 2 aromatic rings. The molecule has 0 atom stereocenters. The number of H-pyrrole nitrogens is 1. The molecular formula is C18H23N3O3. The number of ether oxygens (including phenoxy) is 1. The van der Waals surface area contributed by atoms with Gasteiger partial charge >= 0.3 is 5.97 Å². The first kappa shape index (κ1) is 17.7. The largest absolute Gasteiger partial charge is 0.459 e. The van der Waals surface area contributed by atoms with Crippen LogP contribution in [0.15, 0.2) is 24.5 Å². The molecule has 2 rings (SSSR count). The number of aryl methyl sites for hydroxylation is 1. The van der Waals surface area contributed by atoms with E-state index in [-0.39, 0.29) is 12.0 Å². The van der Waals surface area contributed by atoms with Crippen molar-refractivity contribution in [3.8, 4) is 0 Å². The van der Waals surface area contributed by atoms with Crippen molar-refractivity contribution in [3.63, 3.8) is 0 Å². The molecule has 0 aromatic carbocycles. The van der Waals surface area contributed by atoms with Crippen molar-refractivity contribution in [1.82, 2.24) is 14.9 Å². The van der Waals surface area contributed by atoms with E-state index in [1.54, 1.807) is 52.0 Å². The van der Waals surface area contributed by atoms with Gasteiger partial charge in [-0.25, -0.2) is 4.79 Å². The number of nitrogens with zero attached hydrogens (tertiary/aromatic N) is 2. The molecule has 0 saturated heterocycles. The second-order valence-corrected chi connectivity index (χ2v) is 6.10. The number of rotatable bonds is 5. The highest BCUT2D eigenvalue weighted by atomic mass is 16.5. The number of hydrogen-bond acceptors (Lipinski definition) is 4. The number of carbonyl (C=O) groups is 2. The number of aromatic nitrogens is 2. The number of amides is 1. The summed E-state index contributed by atoms with van der Waals surface area (Å²) in [6.07, 6.45) is 3.18. The van der Waals surface area contributed by atoms with Crippen LogP contribution in [0.1, 0.15) is 51.5 Å². The van der Waals surface area contributed by atoms with Gasteiger partial charge < -0.3 is 14.6 Å². The number of nitrogens with one attached hydrogen (secondary N) is 1. The van der Waals surface area contributed by atoms with E-state index in [1.165, 1.54) is 0 Å². The van der Waals surface area contributed by atoms with Crippen molar-refractivity contribution >= 4 is 11.9 Å². The summed E-state index contributed by atoms with van der Waals surface area (Å²) in [7, 11) is 1.73. The van der Waals surface area contributed by atoms with Gasteiger partial charge in [-0.05, 0) is 51.0 Å². The quantitative estimate of drug-likeness (QED) is 0.856. The zero-order chi connectivity index (χ0) is 17.9. The Morgan fingerprint density at radius 1 is 1.25 bits per heavy atom. The van der Waals surface area contributed by atoms with Crippen molar-refractivity contribution in [2.45, 2.75) is 40.3 Å².